The van der Waals surface area contributed by atoms with E-state index in [0.717, 1.165) is 11.1 Å². The van der Waals surface area contributed by atoms with Gasteiger partial charge in [0, 0.05) is 11.8 Å². The minimum absolute atomic E-state index is 0.307. The van der Waals surface area contributed by atoms with Crippen LogP contribution in [0.25, 0.3) is 5.57 Å². The predicted octanol–water partition coefficient (Wildman–Crippen LogP) is 5.27. The lowest BCUT2D eigenvalue weighted by Gasteiger charge is -2.11. The first-order chi connectivity index (χ1) is 13.4. The Bertz CT molecular complexity index is 1030. The van der Waals surface area contributed by atoms with E-state index in [1.165, 1.54) is 6.20 Å². The van der Waals surface area contributed by atoms with Crippen LogP contribution in [0.5, 0.6) is 0 Å². The summed E-state index contributed by atoms with van der Waals surface area (Å²) in [6, 6.07) is 17.1. The van der Waals surface area contributed by atoms with Crippen molar-refractivity contribution in [3.63, 3.8) is 0 Å². The predicted molar refractivity (Wildman–Crippen MR) is 113 cm³/mol. The zero-order valence-corrected chi connectivity index (χ0v) is 16.0. The first-order valence-corrected chi connectivity index (χ1v) is 8.91. The minimum atomic E-state index is -0.386. The molecule has 0 aliphatic heterocycles. The van der Waals surface area contributed by atoms with E-state index in [1.54, 1.807) is 48.5 Å². The molecule has 28 heavy (non-hydrogen) atoms. The second-order valence-electron chi connectivity index (χ2n) is 6.17. The number of hydrogen-bond acceptors (Lipinski definition) is 3. The highest BCUT2D eigenvalue weighted by atomic mass is 35.5. The average Bonchev–Trinajstić information content (AvgIpc) is 2.70. The lowest BCUT2D eigenvalue weighted by Crippen LogP contribution is -2.18. The number of anilines is 2. The van der Waals surface area contributed by atoms with Gasteiger partial charge in [0.2, 0.25) is 0 Å². The summed E-state index contributed by atoms with van der Waals surface area (Å²) < 4.78 is 0. The van der Waals surface area contributed by atoms with Crippen molar-refractivity contribution in [2.24, 2.45) is 0 Å². The molecule has 0 saturated heterocycles. The van der Waals surface area contributed by atoms with E-state index in [-0.39, 0.29) is 11.8 Å². The molecule has 0 radical (unpaired) electrons. The van der Waals surface area contributed by atoms with Gasteiger partial charge in [-0.25, -0.2) is 4.98 Å². The molecule has 0 atom stereocenters. The van der Waals surface area contributed by atoms with Gasteiger partial charge in [-0.1, -0.05) is 48.0 Å². The van der Waals surface area contributed by atoms with Crippen LogP contribution in [0.2, 0.25) is 5.02 Å². The van der Waals surface area contributed by atoms with Crippen LogP contribution < -0.4 is 10.6 Å². The summed E-state index contributed by atoms with van der Waals surface area (Å²) in [7, 11) is 0. The van der Waals surface area contributed by atoms with E-state index in [1.807, 2.05) is 19.1 Å². The Balaban J connectivity index is 1.77. The molecule has 1 aromatic heterocycles. The van der Waals surface area contributed by atoms with Crippen molar-refractivity contribution in [1.29, 1.82) is 0 Å². The van der Waals surface area contributed by atoms with Crippen molar-refractivity contribution in [2.45, 2.75) is 6.92 Å². The molecule has 2 aromatic carbocycles. The van der Waals surface area contributed by atoms with Crippen molar-refractivity contribution < 1.29 is 9.59 Å². The fourth-order valence-electron chi connectivity index (χ4n) is 2.52. The number of hydrogen-bond donors (Lipinski definition) is 2. The van der Waals surface area contributed by atoms with Gasteiger partial charge in [-0.2, -0.15) is 0 Å². The number of aromatic nitrogens is 1. The molecule has 0 spiro atoms. The zero-order chi connectivity index (χ0) is 20.1. The van der Waals surface area contributed by atoms with Crippen molar-refractivity contribution in [3.8, 4) is 0 Å². The number of nitrogens with zero attached hydrogens (tertiary/aromatic N) is 1. The number of halogens is 1. The molecule has 0 fully saturated rings. The molecule has 2 amide bonds. The molecule has 140 valence electrons. The summed E-state index contributed by atoms with van der Waals surface area (Å²) in [5.74, 6) is -0.326. The Labute approximate surface area is 168 Å². The SMILES string of the molecule is C=C(C)c1ccc(C(=O)Nc2ccccc2C(=O)Nc2ccc(Cl)cn2)cc1. The number of rotatable bonds is 5. The Kier molecular flexibility index (Phi) is 5.87. The number of carbonyl (C=O) groups is 2. The molecule has 0 bridgehead atoms. The number of carbonyl (C=O) groups excluding carboxylic acids is 2. The molecule has 0 aliphatic rings. The van der Waals surface area contributed by atoms with Crippen molar-refractivity contribution in [1.82, 2.24) is 4.98 Å². The van der Waals surface area contributed by atoms with Gasteiger partial charge < -0.3 is 10.6 Å². The van der Waals surface area contributed by atoms with Crippen LogP contribution in [0, 0.1) is 0 Å². The first kappa shape index (κ1) is 19.3. The van der Waals surface area contributed by atoms with Crippen LogP contribution in [0.15, 0.2) is 73.4 Å². The molecular weight excluding hydrogens is 374 g/mol. The van der Waals surface area contributed by atoms with Crippen LogP contribution in [-0.4, -0.2) is 16.8 Å². The quantitative estimate of drug-likeness (QED) is 0.622. The molecular formula is C22H18ClN3O2. The largest absolute Gasteiger partial charge is 0.321 e. The van der Waals surface area contributed by atoms with Crippen LogP contribution in [-0.2, 0) is 0 Å². The standard InChI is InChI=1S/C22H18ClN3O2/c1-14(2)15-7-9-16(10-8-15)21(27)25-19-6-4-3-5-18(19)22(28)26-20-12-11-17(23)13-24-20/h3-13H,1H2,2H3,(H,25,27)(H,24,26,28). The van der Waals surface area contributed by atoms with Gasteiger partial charge in [0.25, 0.3) is 11.8 Å². The summed E-state index contributed by atoms with van der Waals surface area (Å²) >= 11 is 5.81. The lowest BCUT2D eigenvalue weighted by molar-refractivity contribution is 0.102. The Morgan fingerprint density at radius 1 is 0.893 bits per heavy atom. The molecule has 6 heteroatoms. The molecule has 3 aromatic rings. The summed E-state index contributed by atoms with van der Waals surface area (Å²) in [4.78, 5) is 29.2. The Morgan fingerprint density at radius 3 is 2.21 bits per heavy atom. The molecule has 0 unspecified atom stereocenters. The van der Waals surface area contributed by atoms with E-state index in [2.05, 4.69) is 22.2 Å². The first-order valence-electron chi connectivity index (χ1n) is 8.53. The third-order valence-corrected chi connectivity index (χ3v) is 4.25. The number of amides is 2. The maximum atomic E-state index is 12.6. The number of para-hydroxylation sites is 1. The van der Waals surface area contributed by atoms with E-state index in [4.69, 9.17) is 11.6 Å². The third-order valence-electron chi connectivity index (χ3n) is 4.03. The number of benzene rings is 2. The Morgan fingerprint density at radius 2 is 1.57 bits per heavy atom. The van der Waals surface area contributed by atoms with Gasteiger partial charge in [0.15, 0.2) is 0 Å². The van der Waals surface area contributed by atoms with E-state index in [9.17, 15) is 9.59 Å². The fourth-order valence-corrected chi connectivity index (χ4v) is 2.64. The maximum Gasteiger partial charge on any atom is 0.258 e. The van der Waals surface area contributed by atoms with Crippen LogP contribution in [0.1, 0.15) is 33.2 Å². The maximum absolute atomic E-state index is 12.6. The molecule has 5 nitrogen and oxygen atoms in total. The third kappa shape index (κ3) is 4.64. The molecule has 1 heterocycles. The van der Waals surface area contributed by atoms with Gasteiger partial charge in [-0.05, 0) is 48.9 Å². The van der Waals surface area contributed by atoms with Crippen molar-refractivity contribution >= 4 is 40.5 Å². The highest BCUT2D eigenvalue weighted by molar-refractivity contribution is 6.30. The second-order valence-corrected chi connectivity index (χ2v) is 6.61. The summed E-state index contributed by atoms with van der Waals surface area (Å²) in [6.07, 6.45) is 1.44. The molecule has 3 rings (SSSR count). The van der Waals surface area contributed by atoms with Gasteiger partial charge >= 0.3 is 0 Å². The van der Waals surface area contributed by atoms with Gasteiger partial charge in [0.05, 0.1) is 16.3 Å². The monoisotopic (exact) mass is 391 g/mol. The van der Waals surface area contributed by atoms with Crippen LogP contribution in [0.3, 0.4) is 0 Å². The highest BCUT2D eigenvalue weighted by Gasteiger charge is 2.15. The number of nitrogens with one attached hydrogen (secondary N) is 2. The smallest absolute Gasteiger partial charge is 0.258 e. The summed E-state index contributed by atoms with van der Waals surface area (Å²) in [5, 5.41) is 5.95. The van der Waals surface area contributed by atoms with Crippen molar-refractivity contribution in [2.75, 3.05) is 10.6 Å². The minimum Gasteiger partial charge on any atom is -0.321 e. The molecule has 2 N–H and O–H groups in total. The van der Waals surface area contributed by atoms with E-state index < -0.39 is 0 Å². The highest BCUT2D eigenvalue weighted by Crippen LogP contribution is 2.19. The molecule has 0 saturated carbocycles. The fraction of sp³-hybridized carbons (Fsp3) is 0.0455. The van der Waals surface area contributed by atoms with Gasteiger partial charge in [-0.3, -0.25) is 9.59 Å². The van der Waals surface area contributed by atoms with E-state index >= 15 is 0 Å². The number of pyridine rings is 1. The second kappa shape index (κ2) is 8.50. The summed E-state index contributed by atoms with van der Waals surface area (Å²) in [5.41, 5.74) is 3.10. The average molecular weight is 392 g/mol. The number of allylic oxidation sites excluding steroid dienone is 1. The topological polar surface area (TPSA) is 71.1 Å². The van der Waals surface area contributed by atoms with Crippen LogP contribution in [0.4, 0.5) is 11.5 Å². The lowest BCUT2D eigenvalue weighted by atomic mass is 10.1. The van der Waals surface area contributed by atoms with Crippen LogP contribution >= 0.6 is 11.6 Å². The Hall–Kier alpha value is -3.44. The van der Waals surface area contributed by atoms with Crippen molar-refractivity contribution in [3.05, 3.63) is 95.2 Å². The zero-order valence-electron chi connectivity index (χ0n) is 15.2. The van der Waals surface area contributed by atoms with Gasteiger partial charge in [-0.15, -0.1) is 0 Å². The van der Waals surface area contributed by atoms with E-state index in [0.29, 0.717) is 27.7 Å². The molecule has 0 aliphatic carbocycles. The summed E-state index contributed by atoms with van der Waals surface area (Å²) in [6.45, 7) is 5.78. The van der Waals surface area contributed by atoms with Gasteiger partial charge in [0.1, 0.15) is 5.82 Å². The normalized spacial score (nSPS) is 10.2.